The van der Waals surface area contributed by atoms with Crippen molar-refractivity contribution in [3.8, 4) is 0 Å². The molecule has 0 saturated heterocycles. The van der Waals surface area contributed by atoms with Gasteiger partial charge in [-0.15, -0.1) is 0 Å². The van der Waals surface area contributed by atoms with Gasteiger partial charge >= 0.3 is 12.1 Å². The first-order chi connectivity index (χ1) is 8.19. The Balaban J connectivity index is 4.58. The van der Waals surface area contributed by atoms with Gasteiger partial charge in [-0.1, -0.05) is 26.7 Å². The molecule has 0 aromatic heterocycles. The van der Waals surface area contributed by atoms with Gasteiger partial charge in [-0.3, -0.25) is 4.79 Å². The van der Waals surface area contributed by atoms with Crippen LogP contribution in [0.25, 0.3) is 0 Å². The molecule has 0 rings (SSSR count). The van der Waals surface area contributed by atoms with Crippen molar-refractivity contribution in [3.63, 3.8) is 0 Å². The predicted octanol–water partition coefficient (Wildman–Crippen LogP) is 2.79. The van der Waals surface area contributed by atoms with Crippen molar-refractivity contribution in [2.24, 2.45) is 5.92 Å². The molecule has 0 aromatic rings. The van der Waals surface area contributed by atoms with Crippen LogP contribution >= 0.6 is 0 Å². The van der Waals surface area contributed by atoms with Crippen LogP contribution in [0.1, 0.15) is 53.9 Å². The largest absolute Gasteiger partial charge is 0.481 e. The second-order valence-corrected chi connectivity index (χ2v) is 5.43. The number of aliphatic carboxylic acids is 1. The maximum Gasteiger partial charge on any atom is 0.407 e. The van der Waals surface area contributed by atoms with Crippen LogP contribution in [0.15, 0.2) is 0 Å². The maximum absolute atomic E-state index is 11.7. The van der Waals surface area contributed by atoms with Crippen LogP contribution in [0.3, 0.4) is 0 Å². The van der Waals surface area contributed by atoms with Crippen molar-refractivity contribution < 1.29 is 19.4 Å². The van der Waals surface area contributed by atoms with Gasteiger partial charge in [0.05, 0.1) is 6.42 Å². The third-order valence-corrected chi connectivity index (χ3v) is 2.71. The molecule has 0 aliphatic carbocycles. The highest BCUT2D eigenvalue weighted by Gasteiger charge is 2.25. The van der Waals surface area contributed by atoms with Crippen LogP contribution in [-0.2, 0) is 9.53 Å². The minimum atomic E-state index is -0.914. The number of hydrogen-bond acceptors (Lipinski definition) is 3. The molecule has 1 unspecified atom stereocenters. The van der Waals surface area contributed by atoms with Gasteiger partial charge in [0.25, 0.3) is 0 Å². The smallest absolute Gasteiger partial charge is 0.407 e. The highest BCUT2D eigenvalue weighted by Crippen LogP contribution is 2.17. The second kappa shape index (κ2) is 7.24. The Bertz CT molecular complexity index is 279. The fraction of sp³-hybridized carbons (Fsp3) is 0.846. The van der Waals surface area contributed by atoms with E-state index >= 15 is 0 Å². The zero-order chi connectivity index (χ0) is 14.3. The van der Waals surface area contributed by atoms with Gasteiger partial charge in [0.1, 0.15) is 5.60 Å². The van der Waals surface area contributed by atoms with E-state index in [-0.39, 0.29) is 18.4 Å². The first-order valence-electron chi connectivity index (χ1n) is 6.40. The molecule has 5 nitrogen and oxygen atoms in total. The van der Waals surface area contributed by atoms with Gasteiger partial charge in [-0.25, -0.2) is 4.79 Å². The lowest BCUT2D eigenvalue weighted by Gasteiger charge is -2.27. The van der Waals surface area contributed by atoms with Crippen molar-refractivity contribution in [1.29, 1.82) is 0 Å². The number of ether oxygens (including phenoxy) is 1. The number of amides is 1. The molecule has 106 valence electrons. The van der Waals surface area contributed by atoms with Gasteiger partial charge < -0.3 is 15.2 Å². The molecule has 0 radical (unpaired) electrons. The molecule has 0 aliphatic heterocycles. The van der Waals surface area contributed by atoms with E-state index in [0.717, 1.165) is 12.8 Å². The monoisotopic (exact) mass is 259 g/mol. The number of carbonyl (C=O) groups excluding carboxylic acids is 1. The van der Waals surface area contributed by atoms with Crippen molar-refractivity contribution in [2.75, 3.05) is 0 Å². The quantitative estimate of drug-likeness (QED) is 0.769. The average Bonchev–Trinajstić information content (AvgIpc) is 2.14. The lowest BCUT2D eigenvalue weighted by Crippen LogP contribution is -2.44. The number of rotatable bonds is 6. The van der Waals surface area contributed by atoms with Gasteiger partial charge in [-0.2, -0.15) is 0 Å². The van der Waals surface area contributed by atoms with Crippen LogP contribution in [0.5, 0.6) is 0 Å². The van der Waals surface area contributed by atoms with E-state index in [1.807, 2.05) is 13.8 Å². The van der Waals surface area contributed by atoms with E-state index in [1.165, 1.54) is 0 Å². The Morgan fingerprint density at radius 1 is 1.22 bits per heavy atom. The summed E-state index contributed by atoms with van der Waals surface area (Å²) in [6.45, 7) is 9.29. The molecule has 0 aliphatic rings. The molecule has 1 atom stereocenters. The Morgan fingerprint density at radius 3 is 2.06 bits per heavy atom. The molecule has 0 saturated carbocycles. The Labute approximate surface area is 109 Å². The minimum Gasteiger partial charge on any atom is -0.481 e. The van der Waals surface area contributed by atoms with Gasteiger partial charge in [0, 0.05) is 6.04 Å². The second-order valence-electron chi connectivity index (χ2n) is 5.43. The Morgan fingerprint density at radius 2 is 1.72 bits per heavy atom. The normalized spacial score (nSPS) is 13.2. The predicted molar refractivity (Wildman–Crippen MR) is 69.5 cm³/mol. The third kappa shape index (κ3) is 7.14. The van der Waals surface area contributed by atoms with Crippen molar-refractivity contribution >= 4 is 12.1 Å². The third-order valence-electron chi connectivity index (χ3n) is 2.71. The van der Waals surface area contributed by atoms with Crippen LogP contribution in [0, 0.1) is 5.92 Å². The lowest BCUT2D eigenvalue weighted by atomic mass is 9.92. The van der Waals surface area contributed by atoms with Crippen molar-refractivity contribution in [2.45, 2.75) is 65.5 Å². The van der Waals surface area contributed by atoms with E-state index in [9.17, 15) is 9.59 Å². The lowest BCUT2D eigenvalue weighted by molar-refractivity contribution is -0.137. The molecule has 0 aromatic carbocycles. The summed E-state index contributed by atoms with van der Waals surface area (Å²) >= 11 is 0. The summed E-state index contributed by atoms with van der Waals surface area (Å²) in [6, 6.07) is -0.382. The first kappa shape index (κ1) is 16.7. The fourth-order valence-corrected chi connectivity index (χ4v) is 1.84. The molecule has 5 heteroatoms. The summed E-state index contributed by atoms with van der Waals surface area (Å²) < 4.78 is 5.15. The summed E-state index contributed by atoms with van der Waals surface area (Å²) in [5, 5.41) is 11.5. The maximum atomic E-state index is 11.7. The number of carboxylic acid groups (broad SMARTS) is 1. The minimum absolute atomic E-state index is 0.0778. The number of carboxylic acids is 1. The molecule has 2 N–H and O–H groups in total. The zero-order valence-corrected chi connectivity index (χ0v) is 11.9. The summed E-state index contributed by atoms with van der Waals surface area (Å²) in [5.41, 5.74) is -0.578. The van der Waals surface area contributed by atoms with Crippen LogP contribution in [0.4, 0.5) is 4.79 Å². The van der Waals surface area contributed by atoms with Gasteiger partial charge in [0.2, 0.25) is 0 Å². The summed E-state index contributed by atoms with van der Waals surface area (Å²) in [4.78, 5) is 22.5. The Kier molecular flexibility index (Phi) is 6.73. The average molecular weight is 259 g/mol. The molecule has 1 amide bonds. The van der Waals surface area contributed by atoms with E-state index in [4.69, 9.17) is 9.84 Å². The standard InChI is InChI=1S/C13H25NO4/c1-6-9(7-2)10(8-11(15)16)14-12(17)18-13(3,4)5/h9-10H,6-8H2,1-5H3,(H,14,17)(H,15,16). The molecule has 0 bridgehead atoms. The summed E-state index contributed by atoms with van der Waals surface area (Å²) in [5.74, 6) is -0.767. The Hall–Kier alpha value is -1.26. The molecule has 0 fully saturated rings. The highest BCUT2D eigenvalue weighted by molar-refractivity contribution is 5.71. The van der Waals surface area contributed by atoms with E-state index in [1.54, 1.807) is 20.8 Å². The van der Waals surface area contributed by atoms with Gasteiger partial charge in [0.15, 0.2) is 0 Å². The highest BCUT2D eigenvalue weighted by atomic mass is 16.6. The molecular weight excluding hydrogens is 234 g/mol. The van der Waals surface area contributed by atoms with E-state index < -0.39 is 17.7 Å². The van der Waals surface area contributed by atoms with Crippen molar-refractivity contribution in [3.05, 3.63) is 0 Å². The van der Waals surface area contributed by atoms with Crippen LogP contribution in [-0.4, -0.2) is 28.8 Å². The zero-order valence-electron chi connectivity index (χ0n) is 11.9. The SMILES string of the molecule is CCC(CC)C(CC(=O)O)NC(=O)OC(C)(C)C. The molecule has 0 heterocycles. The number of nitrogens with one attached hydrogen (secondary N) is 1. The molecular formula is C13H25NO4. The fourth-order valence-electron chi connectivity index (χ4n) is 1.84. The number of carbonyl (C=O) groups is 2. The van der Waals surface area contributed by atoms with Crippen LogP contribution < -0.4 is 5.32 Å². The van der Waals surface area contributed by atoms with Crippen molar-refractivity contribution in [1.82, 2.24) is 5.32 Å². The topological polar surface area (TPSA) is 75.6 Å². The first-order valence-corrected chi connectivity index (χ1v) is 6.40. The number of hydrogen-bond donors (Lipinski definition) is 2. The molecule has 0 spiro atoms. The van der Waals surface area contributed by atoms with E-state index in [0.29, 0.717) is 0 Å². The number of alkyl carbamates (subject to hydrolysis) is 1. The van der Waals surface area contributed by atoms with E-state index in [2.05, 4.69) is 5.32 Å². The molecule has 18 heavy (non-hydrogen) atoms. The summed E-state index contributed by atoms with van der Waals surface area (Å²) in [7, 11) is 0. The summed E-state index contributed by atoms with van der Waals surface area (Å²) in [6.07, 6.45) is 1.01. The van der Waals surface area contributed by atoms with Gasteiger partial charge in [-0.05, 0) is 26.7 Å². The van der Waals surface area contributed by atoms with Crippen LogP contribution in [0.2, 0.25) is 0 Å².